The Morgan fingerprint density at radius 1 is 1.22 bits per heavy atom. The summed E-state index contributed by atoms with van der Waals surface area (Å²) in [4.78, 5) is 26.0. The summed E-state index contributed by atoms with van der Waals surface area (Å²) in [6.07, 6.45) is 8.88. The smallest absolute Gasteiger partial charge is 0.348 e. The van der Waals surface area contributed by atoms with E-state index in [0.29, 0.717) is 4.88 Å². The van der Waals surface area contributed by atoms with Crippen molar-refractivity contribution in [1.82, 2.24) is 5.32 Å². The van der Waals surface area contributed by atoms with Crippen LogP contribution in [0.1, 0.15) is 65.6 Å². The summed E-state index contributed by atoms with van der Waals surface area (Å²) in [5.74, 6) is 0.210. The standard InChI is InChI=1S/C18H25NO3S/c1-12-6-8-14(9-7-12)19-17(20)11-22-18(21)16-10-13-4-2-3-5-15(13)23-16/h10,12,14H,2-9,11H2,1H3,(H,19,20). The van der Waals surface area contributed by atoms with Gasteiger partial charge in [0.15, 0.2) is 6.61 Å². The summed E-state index contributed by atoms with van der Waals surface area (Å²) in [6.45, 7) is 2.08. The molecule has 1 amide bonds. The van der Waals surface area contributed by atoms with E-state index in [-0.39, 0.29) is 24.5 Å². The molecule has 3 rings (SSSR count). The van der Waals surface area contributed by atoms with Crippen LogP contribution in [0, 0.1) is 5.92 Å². The molecule has 1 heterocycles. The van der Waals surface area contributed by atoms with Crippen LogP contribution < -0.4 is 5.32 Å². The fraction of sp³-hybridized carbons (Fsp3) is 0.667. The molecule has 1 fully saturated rings. The largest absolute Gasteiger partial charge is 0.451 e. The van der Waals surface area contributed by atoms with Crippen molar-refractivity contribution in [2.75, 3.05) is 6.61 Å². The number of aryl methyl sites for hydroxylation is 2. The molecule has 5 heteroatoms. The summed E-state index contributed by atoms with van der Waals surface area (Å²) < 4.78 is 5.19. The van der Waals surface area contributed by atoms with Gasteiger partial charge in [0.05, 0.1) is 0 Å². The predicted octanol–water partition coefficient (Wildman–Crippen LogP) is 3.48. The number of esters is 1. The van der Waals surface area contributed by atoms with E-state index in [9.17, 15) is 9.59 Å². The van der Waals surface area contributed by atoms with E-state index >= 15 is 0 Å². The zero-order valence-electron chi connectivity index (χ0n) is 13.7. The van der Waals surface area contributed by atoms with Gasteiger partial charge in [-0.2, -0.15) is 0 Å². The molecule has 0 aliphatic heterocycles. The van der Waals surface area contributed by atoms with E-state index in [0.717, 1.165) is 44.4 Å². The highest BCUT2D eigenvalue weighted by Crippen LogP contribution is 2.30. The molecule has 1 aromatic rings. The molecular weight excluding hydrogens is 310 g/mol. The monoisotopic (exact) mass is 335 g/mol. The number of fused-ring (bicyclic) bond motifs is 1. The molecule has 126 valence electrons. The lowest BCUT2D eigenvalue weighted by Gasteiger charge is -2.26. The fourth-order valence-corrected chi connectivity index (χ4v) is 4.61. The van der Waals surface area contributed by atoms with Crippen LogP contribution in [0.25, 0.3) is 0 Å². The first-order valence-electron chi connectivity index (χ1n) is 8.70. The van der Waals surface area contributed by atoms with Gasteiger partial charge in [-0.1, -0.05) is 6.92 Å². The van der Waals surface area contributed by atoms with Crippen LogP contribution in [-0.2, 0) is 22.4 Å². The molecule has 0 spiro atoms. The predicted molar refractivity (Wildman–Crippen MR) is 90.8 cm³/mol. The summed E-state index contributed by atoms with van der Waals surface area (Å²) in [5.41, 5.74) is 1.29. The second-order valence-electron chi connectivity index (χ2n) is 6.87. The molecule has 23 heavy (non-hydrogen) atoms. The SMILES string of the molecule is CC1CCC(NC(=O)COC(=O)c2cc3c(s2)CCCC3)CC1. The fourth-order valence-electron chi connectivity index (χ4n) is 3.47. The van der Waals surface area contributed by atoms with Gasteiger partial charge in [-0.3, -0.25) is 4.79 Å². The lowest BCUT2D eigenvalue weighted by Crippen LogP contribution is -2.39. The molecule has 4 nitrogen and oxygen atoms in total. The molecule has 0 saturated heterocycles. The minimum absolute atomic E-state index is 0.173. The second kappa shape index (κ2) is 7.47. The van der Waals surface area contributed by atoms with Crippen LogP contribution >= 0.6 is 11.3 Å². The van der Waals surface area contributed by atoms with Crippen molar-refractivity contribution in [3.05, 3.63) is 21.4 Å². The molecule has 1 saturated carbocycles. The first-order chi connectivity index (χ1) is 11.1. The molecule has 0 unspecified atom stereocenters. The maximum absolute atomic E-state index is 12.1. The highest BCUT2D eigenvalue weighted by Gasteiger charge is 2.21. The van der Waals surface area contributed by atoms with Crippen LogP contribution in [0.3, 0.4) is 0 Å². The number of carbonyl (C=O) groups is 2. The zero-order valence-corrected chi connectivity index (χ0v) is 14.5. The van der Waals surface area contributed by atoms with Gasteiger partial charge < -0.3 is 10.1 Å². The van der Waals surface area contributed by atoms with Gasteiger partial charge in [0.25, 0.3) is 5.91 Å². The van der Waals surface area contributed by atoms with Gasteiger partial charge in [0, 0.05) is 10.9 Å². The van der Waals surface area contributed by atoms with Crippen molar-refractivity contribution in [3.8, 4) is 0 Å². The molecular formula is C18H25NO3S. The molecule has 0 bridgehead atoms. The van der Waals surface area contributed by atoms with Crippen molar-refractivity contribution in [2.24, 2.45) is 5.92 Å². The molecule has 0 aromatic carbocycles. The summed E-state index contributed by atoms with van der Waals surface area (Å²) in [5, 5.41) is 2.98. The quantitative estimate of drug-likeness (QED) is 0.857. The molecule has 2 aliphatic rings. The normalized spacial score (nSPS) is 23.9. The zero-order chi connectivity index (χ0) is 16.2. The van der Waals surface area contributed by atoms with Crippen LogP contribution in [0.5, 0.6) is 0 Å². The number of amides is 1. The number of hydrogen-bond donors (Lipinski definition) is 1. The van der Waals surface area contributed by atoms with E-state index in [1.807, 2.05) is 6.07 Å². The van der Waals surface area contributed by atoms with E-state index < -0.39 is 0 Å². The van der Waals surface area contributed by atoms with Crippen LogP contribution in [0.15, 0.2) is 6.07 Å². The average Bonchev–Trinajstić information content (AvgIpc) is 2.99. The van der Waals surface area contributed by atoms with Crippen molar-refractivity contribution in [2.45, 2.75) is 64.3 Å². The van der Waals surface area contributed by atoms with Gasteiger partial charge in [-0.05, 0) is 68.9 Å². The number of rotatable bonds is 4. The number of carbonyl (C=O) groups excluding carboxylic acids is 2. The molecule has 1 N–H and O–H groups in total. The Labute approximate surface area is 141 Å². The van der Waals surface area contributed by atoms with Crippen LogP contribution in [-0.4, -0.2) is 24.5 Å². The van der Waals surface area contributed by atoms with E-state index in [1.54, 1.807) is 0 Å². The molecule has 2 aliphatic carbocycles. The Kier molecular flexibility index (Phi) is 5.36. The van der Waals surface area contributed by atoms with Gasteiger partial charge in [0.2, 0.25) is 0 Å². The number of nitrogens with one attached hydrogen (secondary N) is 1. The second-order valence-corrected chi connectivity index (χ2v) is 8.00. The van der Waals surface area contributed by atoms with E-state index in [2.05, 4.69) is 12.2 Å². The molecule has 1 aromatic heterocycles. The minimum atomic E-state index is -0.364. The van der Waals surface area contributed by atoms with Crippen molar-refractivity contribution < 1.29 is 14.3 Å². The third-order valence-corrected chi connectivity index (χ3v) is 6.13. The average molecular weight is 335 g/mol. The van der Waals surface area contributed by atoms with Crippen LogP contribution in [0.4, 0.5) is 0 Å². The van der Waals surface area contributed by atoms with E-state index in [1.165, 1.54) is 34.6 Å². The number of thiophene rings is 1. The Hall–Kier alpha value is -1.36. The third kappa shape index (κ3) is 4.34. The van der Waals surface area contributed by atoms with Gasteiger partial charge in [-0.15, -0.1) is 11.3 Å². The lowest BCUT2D eigenvalue weighted by atomic mass is 9.87. The minimum Gasteiger partial charge on any atom is -0.451 e. The van der Waals surface area contributed by atoms with Crippen molar-refractivity contribution >= 4 is 23.2 Å². The highest BCUT2D eigenvalue weighted by atomic mass is 32.1. The van der Waals surface area contributed by atoms with Crippen molar-refractivity contribution in [3.63, 3.8) is 0 Å². The summed E-state index contributed by atoms with van der Waals surface area (Å²) in [7, 11) is 0. The van der Waals surface area contributed by atoms with Gasteiger partial charge in [0.1, 0.15) is 4.88 Å². The number of hydrogen-bond acceptors (Lipinski definition) is 4. The van der Waals surface area contributed by atoms with Gasteiger partial charge >= 0.3 is 5.97 Å². The lowest BCUT2D eigenvalue weighted by molar-refractivity contribution is -0.125. The molecule has 0 atom stereocenters. The Bertz CT molecular complexity index is 549. The topological polar surface area (TPSA) is 55.4 Å². The first kappa shape index (κ1) is 16.5. The Morgan fingerprint density at radius 3 is 2.70 bits per heavy atom. The maximum Gasteiger partial charge on any atom is 0.348 e. The summed E-state index contributed by atoms with van der Waals surface area (Å²) in [6, 6.07) is 2.19. The summed E-state index contributed by atoms with van der Waals surface area (Å²) >= 11 is 1.52. The number of ether oxygens (including phenoxy) is 1. The van der Waals surface area contributed by atoms with Crippen LogP contribution in [0.2, 0.25) is 0 Å². The Morgan fingerprint density at radius 2 is 1.96 bits per heavy atom. The van der Waals surface area contributed by atoms with E-state index in [4.69, 9.17) is 4.74 Å². The highest BCUT2D eigenvalue weighted by molar-refractivity contribution is 7.14. The van der Waals surface area contributed by atoms with Crippen molar-refractivity contribution in [1.29, 1.82) is 0 Å². The maximum atomic E-state index is 12.1. The third-order valence-electron chi connectivity index (χ3n) is 4.91. The molecule has 0 radical (unpaired) electrons. The Balaban J connectivity index is 1.45. The van der Waals surface area contributed by atoms with Gasteiger partial charge in [-0.25, -0.2) is 4.79 Å². The first-order valence-corrected chi connectivity index (χ1v) is 9.51.